The molecule has 1 fully saturated rings. The molecule has 0 unspecified atom stereocenters. The molecule has 0 spiro atoms. The summed E-state index contributed by atoms with van der Waals surface area (Å²) in [5.74, 6) is -11.8. The maximum Gasteiger partial charge on any atom is 0.326 e. The van der Waals surface area contributed by atoms with Gasteiger partial charge in [0.15, 0.2) is 0 Å². The molecule has 2 aromatic carbocycles. The molecule has 4 aromatic rings. The number of carboxylic acids is 1. The quantitative estimate of drug-likeness (QED) is 0.0245. The Morgan fingerprint density at radius 1 is 0.632 bits per heavy atom. The number of fused-ring (bicyclic) bond motifs is 1. The Labute approximate surface area is 503 Å². The monoisotopic (exact) mass is 1210 g/mol. The lowest BCUT2D eigenvalue weighted by Crippen LogP contribution is -2.62. The number of H-pyrrole nitrogens is 2. The molecule has 1 aliphatic rings. The highest BCUT2D eigenvalue weighted by Gasteiger charge is 2.41. The summed E-state index contributed by atoms with van der Waals surface area (Å²) in [5.41, 5.74) is 14.2. The summed E-state index contributed by atoms with van der Waals surface area (Å²) in [6.07, 6.45) is 4.57. The van der Waals surface area contributed by atoms with Crippen molar-refractivity contribution in [1.29, 1.82) is 0 Å². The number of amides is 10. The zero-order valence-electron chi connectivity index (χ0n) is 49.8. The van der Waals surface area contributed by atoms with Crippen LogP contribution in [0.1, 0.15) is 96.9 Å². The predicted molar refractivity (Wildman–Crippen MR) is 317 cm³/mol. The Morgan fingerprint density at radius 2 is 1.18 bits per heavy atom. The fourth-order valence-corrected chi connectivity index (χ4v) is 10.0. The molecule has 3 heterocycles. The van der Waals surface area contributed by atoms with Gasteiger partial charge in [-0.3, -0.25) is 47.9 Å². The normalized spacial score (nSPS) is 16.9. The number of para-hydroxylation sites is 1. The molecular formula is C59H84N14O14. The Balaban J connectivity index is 1.32. The summed E-state index contributed by atoms with van der Waals surface area (Å²) in [6.45, 7) is 8.42. The van der Waals surface area contributed by atoms with Crippen LogP contribution in [0.5, 0.6) is 0 Å². The summed E-state index contributed by atoms with van der Waals surface area (Å²) in [4.78, 5) is 162. The van der Waals surface area contributed by atoms with Crippen molar-refractivity contribution in [2.24, 2.45) is 29.2 Å². The molecule has 10 amide bonds. The lowest BCUT2D eigenvalue weighted by Gasteiger charge is -2.31. The van der Waals surface area contributed by atoms with Crippen molar-refractivity contribution in [3.63, 3.8) is 0 Å². The SMILES string of the molecule is CC[C@H](C)[C@H](NC(=O)[C@H](CC(N)=O)NC(=O)[C@H](CO)NC(=O)[C@@H](NC(=O)[C@H](Cc1c[nH]c2ccccc12)NC(=O)[C@@H]1CCCN1C(=O)[C@H](CO)NC(=O)[C@H](CC(C)C)NC(=O)[C@@H](N)Cc1ccccc1)[C@@H](C)CC)C(=O)N[C@@H](Cc1cnc[nH]1)C(=O)O. The molecule has 0 saturated carbocycles. The van der Waals surface area contributed by atoms with E-state index in [1.54, 1.807) is 70.3 Å². The first-order valence-electron chi connectivity index (χ1n) is 29.2. The number of benzene rings is 2. The predicted octanol–water partition coefficient (Wildman–Crippen LogP) is -1.80. The summed E-state index contributed by atoms with van der Waals surface area (Å²) in [6, 6.07) is 2.00. The first-order valence-corrected chi connectivity index (χ1v) is 29.2. The Morgan fingerprint density at radius 3 is 1.76 bits per heavy atom. The highest BCUT2D eigenvalue weighted by molar-refractivity contribution is 6.00. The van der Waals surface area contributed by atoms with Crippen LogP contribution in [0, 0.1) is 17.8 Å². The molecule has 0 aliphatic carbocycles. The molecule has 87 heavy (non-hydrogen) atoms. The topological polar surface area (TPSA) is 444 Å². The number of primary amides is 1. The number of aromatic nitrogens is 3. The number of imidazole rings is 1. The fourth-order valence-electron chi connectivity index (χ4n) is 10.0. The van der Waals surface area contributed by atoms with Crippen molar-refractivity contribution >= 4 is 75.9 Å². The van der Waals surface area contributed by atoms with Crippen LogP contribution in [-0.2, 0) is 72.0 Å². The van der Waals surface area contributed by atoms with E-state index in [-0.39, 0.29) is 51.0 Å². The zero-order chi connectivity index (χ0) is 64.1. The summed E-state index contributed by atoms with van der Waals surface area (Å²) in [7, 11) is 0. The van der Waals surface area contributed by atoms with Gasteiger partial charge in [-0.15, -0.1) is 0 Å². The third-order valence-corrected chi connectivity index (χ3v) is 15.4. The van der Waals surface area contributed by atoms with Crippen molar-refractivity contribution in [3.05, 3.63) is 90.1 Å². The number of carbonyl (C=O) groups is 11. The molecule has 1 saturated heterocycles. The standard InChI is InChI=1S/C59H84N14O14/c1-7-32(5)48(56(83)68-43(59(86)87)24-36-27-62-30-64-36)72-53(80)42(25-47(61)76)66-54(81)44(28-74)69-57(84)49(33(6)8-2)71-52(79)41(23-35-26-63-39-18-13-12-17-37(35)39)67-55(82)46-19-14-20-73(46)58(85)45(29-75)70-51(78)40(21-31(3)4)65-50(77)38(60)22-34-15-10-9-11-16-34/h9-13,15-18,26-27,30-33,38,40-46,48-49,63,74-75H,7-8,14,19-25,28-29,60H2,1-6H3,(H2,61,76)(H,62,64)(H,65,77)(H,66,81)(H,67,82)(H,68,83)(H,69,84)(H,70,78)(H,71,79)(H,72,80)(H,86,87)/t32-,33-,38-,40-,41-,42-,43-,44-,45-,46-,48-,49-/m0/s1. The van der Waals surface area contributed by atoms with E-state index in [4.69, 9.17) is 11.5 Å². The van der Waals surface area contributed by atoms with Crippen molar-refractivity contribution < 1.29 is 68.1 Å². The van der Waals surface area contributed by atoms with Gasteiger partial charge >= 0.3 is 5.97 Å². The third-order valence-electron chi connectivity index (χ3n) is 15.4. The number of carbonyl (C=O) groups excluding carboxylic acids is 10. The molecule has 28 nitrogen and oxygen atoms in total. The minimum absolute atomic E-state index is 0.0332. The van der Waals surface area contributed by atoms with Crippen LogP contribution < -0.4 is 54.0 Å². The lowest BCUT2D eigenvalue weighted by molar-refractivity contribution is -0.143. The smallest absolute Gasteiger partial charge is 0.326 e. The van der Waals surface area contributed by atoms with E-state index >= 15 is 0 Å². The van der Waals surface area contributed by atoms with Gasteiger partial charge in [-0.05, 0) is 60.6 Å². The molecular weight excluding hydrogens is 1130 g/mol. The average Bonchev–Trinajstić information content (AvgIpc) is 2.08. The molecule has 0 bridgehead atoms. The van der Waals surface area contributed by atoms with Crippen LogP contribution in [-0.4, -0.2) is 180 Å². The largest absolute Gasteiger partial charge is 0.480 e. The molecule has 28 heteroatoms. The van der Waals surface area contributed by atoms with Crippen molar-refractivity contribution in [2.45, 2.75) is 160 Å². The molecule has 2 aromatic heterocycles. The lowest BCUT2D eigenvalue weighted by atomic mass is 9.96. The molecule has 12 atom stereocenters. The third kappa shape index (κ3) is 19.9. The number of nitrogens with zero attached hydrogens (tertiary/aromatic N) is 2. The van der Waals surface area contributed by atoms with Crippen LogP contribution in [0.4, 0.5) is 0 Å². The van der Waals surface area contributed by atoms with E-state index in [1.807, 2.05) is 32.0 Å². The maximum absolute atomic E-state index is 14.7. The Kier molecular flexibility index (Phi) is 26.4. The number of hydrogen-bond donors (Lipinski definition) is 15. The summed E-state index contributed by atoms with van der Waals surface area (Å²) >= 11 is 0. The maximum atomic E-state index is 14.7. The number of aliphatic hydroxyl groups is 2. The van der Waals surface area contributed by atoms with E-state index in [2.05, 4.69) is 57.5 Å². The van der Waals surface area contributed by atoms with Gasteiger partial charge in [0.25, 0.3) is 0 Å². The van der Waals surface area contributed by atoms with Crippen LogP contribution in [0.2, 0.25) is 0 Å². The van der Waals surface area contributed by atoms with Gasteiger partial charge in [0.05, 0.1) is 32.0 Å². The second kappa shape index (κ2) is 33.2. The summed E-state index contributed by atoms with van der Waals surface area (Å²) in [5, 5.41) is 51.9. The molecule has 474 valence electrons. The van der Waals surface area contributed by atoms with E-state index in [9.17, 15) is 68.1 Å². The van der Waals surface area contributed by atoms with Crippen LogP contribution in [0.25, 0.3) is 10.9 Å². The number of aliphatic carboxylic acids is 1. The second-order valence-electron chi connectivity index (χ2n) is 22.4. The van der Waals surface area contributed by atoms with E-state index in [0.717, 1.165) is 5.56 Å². The first kappa shape index (κ1) is 69.0. The number of nitrogens with two attached hydrogens (primary N) is 2. The number of aliphatic hydroxyl groups excluding tert-OH is 2. The van der Waals surface area contributed by atoms with Crippen LogP contribution in [0.15, 0.2) is 73.3 Å². The average molecular weight is 1210 g/mol. The minimum Gasteiger partial charge on any atom is -0.480 e. The van der Waals surface area contributed by atoms with Gasteiger partial charge < -0.3 is 84.2 Å². The first-order chi connectivity index (χ1) is 41.4. The summed E-state index contributed by atoms with van der Waals surface area (Å²) < 4.78 is 0. The second-order valence-corrected chi connectivity index (χ2v) is 22.4. The number of carboxylic acid groups (broad SMARTS) is 1. The van der Waals surface area contributed by atoms with Gasteiger partial charge in [0, 0.05) is 48.4 Å². The van der Waals surface area contributed by atoms with E-state index < -0.39 is 157 Å². The van der Waals surface area contributed by atoms with Gasteiger partial charge in [0.2, 0.25) is 59.1 Å². The van der Waals surface area contributed by atoms with Gasteiger partial charge in [-0.2, -0.15) is 0 Å². The number of rotatable bonds is 34. The van der Waals surface area contributed by atoms with Crippen LogP contribution >= 0.6 is 0 Å². The van der Waals surface area contributed by atoms with Crippen molar-refractivity contribution in [1.82, 2.24) is 62.4 Å². The van der Waals surface area contributed by atoms with Gasteiger partial charge in [-0.1, -0.05) is 103 Å². The number of hydrogen-bond acceptors (Lipinski definition) is 15. The molecule has 17 N–H and O–H groups in total. The minimum atomic E-state index is -1.82. The molecule has 1 aliphatic heterocycles. The van der Waals surface area contributed by atoms with E-state index in [0.29, 0.717) is 35.0 Å². The highest BCUT2D eigenvalue weighted by Crippen LogP contribution is 2.23. The van der Waals surface area contributed by atoms with Crippen LogP contribution in [0.3, 0.4) is 0 Å². The highest BCUT2D eigenvalue weighted by atomic mass is 16.4. The Hall–Kier alpha value is -8.76. The molecule has 5 rings (SSSR count). The fraction of sp³-hybridized carbons (Fsp3) is 0.525. The Bertz CT molecular complexity index is 3010. The molecule has 0 radical (unpaired) electrons. The number of nitrogens with one attached hydrogen (secondary N) is 10. The van der Waals surface area contributed by atoms with Gasteiger partial charge in [-0.25, -0.2) is 9.78 Å². The van der Waals surface area contributed by atoms with Crippen molar-refractivity contribution in [2.75, 3.05) is 19.8 Å². The number of likely N-dealkylation sites (tertiary alicyclic amines) is 1. The number of aromatic amines is 2. The van der Waals surface area contributed by atoms with Crippen molar-refractivity contribution in [3.8, 4) is 0 Å². The van der Waals surface area contributed by atoms with Gasteiger partial charge in [0.1, 0.15) is 54.4 Å². The van der Waals surface area contributed by atoms with E-state index in [1.165, 1.54) is 17.4 Å². The zero-order valence-corrected chi connectivity index (χ0v) is 49.8.